The maximum atomic E-state index is 12.7. The average molecular weight is 272 g/mol. The molecule has 0 aliphatic heterocycles. The maximum Gasteiger partial charge on any atom is 0.444 e. The molecule has 6 heteroatoms. The van der Waals surface area contributed by atoms with Gasteiger partial charge in [-0.3, -0.25) is 4.79 Å². The van der Waals surface area contributed by atoms with Gasteiger partial charge in [0.25, 0.3) is 0 Å². The molecule has 0 aromatic heterocycles. The largest absolute Gasteiger partial charge is 0.444 e. The second-order valence-corrected chi connectivity index (χ2v) is 11.0. The van der Waals surface area contributed by atoms with Crippen molar-refractivity contribution in [3.63, 3.8) is 0 Å². The van der Waals surface area contributed by atoms with Crippen molar-refractivity contribution in [2.75, 3.05) is 0 Å². The molecule has 0 aromatic rings. The van der Waals surface area contributed by atoms with Gasteiger partial charge in [0.05, 0.1) is 0 Å². The van der Waals surface area contributed by atoms with Gasteiger partial charge in [-0.05, 0) is 16.6 Å². The first-order chi connectivity index (χ1) is 6.98. The predicted octanol–water partition coefficient (Wildman–Crippen LogP) is 3.51. The fraction of sp³-hybridized carbons (Fsp3) is 0.909. The van der Waals surface area contributed by atoms with E-state index in [0.717, 1.165) is 0 Å². The zero-order valence-corrected chi connectivity index (χ0v) is 12.3. The summed E-state index contributed by atoms with van der Waals surface area (Å²) in [6.07, 6.45) is -4.69. The molecule has 0 rings (SSSR count). The van der Waals surface area contributed by atoms with Crippen LogP contribution in [0.15, 0.2) is 0 Å². The lowest BCUT2D eigenvalue weighted by Gasteiger charge is -2.41. The number of halogens is 3. The van der Waals surface area contributed by atoms with Gasteiger partial charge in [-0.25, -0.2) is 0 Å². The Balaban J connectivity index is 0. The smallest absolute Gasteiger partial charge is 0.412 e. The third-order valence-corrected chi connectivity index (χ3v) is 10.3. The van der Waals surface area contributed by atoms with Crippen LogP contribution in [0.25, 0.3) is 0 Å². The molecule has 2 N–H and O–H groups in total. The van der Waals surface area contributed by atoms with Gasteiger partial charge in [-0.2, -0.15) is 13.2 Å². The molecule has 0 aliphatic carbocycles. The van der Waals surface area contributed by atoms with Crippen LogP contribution in [0, 0.1) is 0 Å². The van der Waals surface area contributed by atoms with Crippen LogP contribution in [0.3, 0.4) is 0 Å². The van der Waals surface area contributed by atoms with Crippen LogP contribution >= 0.6 is 0 Å². The van der Waals surface area contributed by atoms with Crippen molar-refractivity contribution in [1.82, 2.24) is 0 Å². The first kappa shape index (κ1) is 19.0. The molecular formula is C11H23F3O2Si. The van der Waals surface area contributed by atoms with E-state index in [-0.39, 0.29) is 22.1 Å². The van der Waals surface area contributed by atoms with Crippen LogP contribution < -0.4 is 0 Å². The number of hydrogen-bond donors (Lipinski definition) is 0. The summed E-state index contributed by atoms with van der Waals surface area (Å²) in [7, 11) is -3.03. The molecule has 0 saturated carbocycles. The lowest BCUT2D eigenvalue weighted by Crippen LogP contribution is -2.57. The topological polar surface area (TPSA) is 48.6 Å². The van der Waals surface area contributed by atoms with Gasteiger partial charge in [0.2, 0.25) is 5.41 Å². The van der Waals surface area contributed by atoms with Crippen LogP contribution in [-0.4, -0.2) is 25.1 Å². The quantitative estimate of drug-likeness (QED) is 0.722. The molecule has 0 saturated heterocycles. The van der Waals surface area contributed by atoms with E-state index in [1.807, 2.05) is 0 Å². The molecule has 0 aromatic carbocycles. The lowest BCUT2D eigenvalue weighted by molar-refractivity contribution is -0.163. The van der Waals surface area contributed by atoms with E-state index in [9.17, 15) is 18.0 Å². The summed E-state index contributed by atoms with van der Waals surface area (Å²) in [5.74, 6) is 0. The zero-order valence-electron chi connectivity index (χ0n) is 11.3. The van der Waals surface area contributed by atoms with Gasteiger partial charge in [0.1, 0.15) is 0 Å². The Bertz CT molecular complexity index is 238. The molecular weight excluding hydrogens is 249 g/mol. The highest BCUT2D eigenvalue weighted by atomic mass is 28.3. The molecule has 0 fully saturated rings. The summed E-state index contributed by atoms with van der Waals surface area (Å²) in [4.78, 5) is 11.7. The van der Waals surface area contributed by atoms with Crippen LogP contribution in [0.2, 0.25) is 16.6 Å². The van der Waals surface area contributed by atoms with E-state index in [0.29, 0.717) is 0 Å². The molecule has 0 bridgehead atoms. The van der Waals surface area contributed by atoms with Crippen molar-refractivity contribution in [2.45, 2.75) is 64.3 Å². The standard InChI is InChI=1S/C11H21F3OSi.H2O/c1-7(2)16(8(3)4,9(5)6)10(15)11(12,13)14;/h7-9H,1-6H3;1H2. The minimum atomic E-state index is -4.69. The molecule has 0 radical (unpaired) electrons. The normalized spacial score (nSPS) is 13.2. The van der Waals surface area contributed by atoms with E-state index in [1.165, 1.54) is 0 Å². The van der Waals surface area contributed by atoms with Crippen molar-refractivity contribution in [1.29, 1.82) is 0 Å². The second-order valence-electron chi connectivity index (χ2n) is 5.22. The van der Waals surface area contributed by atoms with Gasteiger partial charge in [-0.1, -0.05) is 41.5 Å². The van der Waals surface area contributed by atoms with Gasteiger partial charge >= 0.3 is 6.18 Å². The molecule has 2 nitrogen and oxygen atoms in total. The van der Waals surface area contributed by atoms with E-state index in [1.54, 1.807) is 41.5 Å². The van der Waals surface area contributed by atoms with Crippen LogP contribution in [0.4, 0.5) is 13.2 Å². The third kappa shape index (κ3) is 3.31. The van der Waals surface area contributed by atoms with Crippen molar-refractivity contribution in [2.24, 2.45) is 0 Å². The van der Waals surface area contributed by atoms with E-state index in [2.05, 4.69) is 0 Å². The van der Waals surface area contributed by atoms with Gasteiger partial charge in [0, 0.05) is 0 Å². The summed E-state index contributed by atoms with van der Waals surface area (Å²) in [5, 5.41) is -1.44. The fourth-order valence-corrected chi connectivity index (χ4v) is 9.10. The number of carbonyl (C=O) groups is 1. The van der Waals surface area contributed by atoms with Gasteiger partial charge in [0.15, 0.2) is 8.07 Å². The summed E-state index contributed by atoms with van der Waals surface area (Å²) in [5.41, 5.74) is -0.579. The van der Waals surface area contributed by atoms with E-state index >= 15 is 0 Å². The van der Waals surface area contributed by atoms with Crippen LogP contribution in [-0.2, 0) is 4.79 Å². The molecule has 0 unspecified atom stereocenters. The maximum absolute atomic E-state index is 12.7. The first-order valence-electron chi connectivity index (χ1n) is 5.60. The minimum Gasteiger partial charge on any atom is -0.412 e. The minimum absolute atomic E-state index is 0. The SMILES string of the molecule is CC(C)[Si](C(=O)C(F)(F)F)(C(C)C)C(C)C.O. The fourth-order valence-electron chi connectivity index (χ4n) is 3.03. The van der Waals surface area contributed by atoms with Crippen molar-refractivity contribution < 1.29 is 23.4 Å². The lowest BCUT2D eigenvalue weighted by atomic mass is 10.5. The Morgan fingerprint density at radius 3 is 1.18 bits per heavy atom. The van der Waals surface area contributed by atoms with E-state index < -0.39 is 19.7 Å². The first-order valence-corrected chi connectivity index (χ1v) is 7.83. The van der Waals surface area contributed by atoms with Crippen molar-refractivity contribution in [3.05, 3.63) is 0 Å². The highest BCUT2D eigenvalue weighted by molar-refractivity contribution is 7.09. The highest BCUT2D eigenvalue weighted by Crippen LogP contribution is 2.45. The molecule has 0 amide bonds. The molecule has 17 heavy (non-hydrogen) atoms. The Morgan fingerprint density at radius 2 is 1.12 bits per heavy atom. The Labute approximate surface area is 102 Å². The number of hydrogen-bond acceptors (Lipinski definition) is 1. The second kappa shape index (κ2) is 6.00. The number of alkyl halides is 3. The van der Waals surface area contributed by atoms with Crippen LogP contribution in [0.5, 0.6) is 0 Å². The average Bonchev–Trinajstić information content (AvgIpc) is 2.00. The monoisotopic (exact) mass is 272 g/mol. The van der Waals surface area contributed by atoms with Crippen molar-refractivity contribution in [3.8, 4) is 0 Å². The van der Waals surface area contributed by atoms with Gasteiger partial charge in [-0.15, -0.1) is 0 Å². The summed E-state index contributed by atoms with van der Waals surface area (Å²) >= 11 is 0. The summed E-state index contributed by atoms with van der Waals surface area (Å²) in [6, 6.07) is 0. The zero-order chi connectivity index (χ0) is 13.3. The molecule has 0 heterocycles. The Morgan fingerprint density at radius 1 is 0.882 bits per heavy atom. The van der Waals surface area contributed by atoms with Gasteiger partial charge < -0.3 is 5.48 Å². The van der Waals surface area contributed by atoms with Crippen LogP contribution in [0.1, 0.15) is 41.5 Å². The molecule has 0 spiro atoms. The predicted molar refractivity (Wildman–Crippen MR) is 65.7 cm³/mol. The molecule has 0 aliphatic rings. The number of rotatable bonds is 4. The molecule has 104 valence electrons. The van der Waals surface area contributed by atoms with Crippen molar-refractivity contribution >= 4 is 13.5 Å². The third-order valence-electron chi connectivity index (χ3n) is 3.52. The summed E-state index contributed by atoms with van der Waals surface area (Å²) < 4.78 is 38.1. The van der Waals surface area contributed by atoms with E-state index in [4.69, 9.17) is 0 Å². The Hall–Kier alpha value is -0.363. The highest BCUT2D eigenvalue weighted by Gasteiger charge is 2.59. The number of carbonyl (C=O) groups excluding carboxylic acids is 1. The Kier molecular flexibility index (Phi) is 6.70. The molecule has 0 atom stereocenters. The summed E-state index contributed by atoms with van der Waals surface area (Å²) in [6.45, 7) is 10.5.